The molecule has 0 fully saturated rings. The number of unbranched alkanes of at least 4 members (excludes halogenated alkanes) is 9. The van der Waals surface area contributed by atoms with Gasteiger partial charge in [0.15, 0.2) is 0 Å². The fraction of sp³-hybridized carbons (Fsp3) is 1.00. The predicted molar refractivity (Wildman–Crippen MR) is 79.3 cm³/mol. The van der Waals surface area contributed by atoms with Gasteiger partial charge in [0.1, 0.15) is 0 Å². The molecular formula is C12H25NaS3. The van der Waals surface area contributed by atoms with Crippen molar-refractivity contribution >= 4 is 32.3 Å². The Hall–Kier alpha value is 2.05. The molecule has 0 rings (SSSR count). The molecule has 0 aromatic heterocycles. The summed E-state index contributed by atoms with van der Waals surface area (Å²) in [6.07, 6.45) is 14.2. The summed E-state index contributed by atoms with van der Waals surface area (Å²) in [4.78, 5) is 0. The van der Waals surface area contributed by atoms with Crippen molar-refractivity contribution in [3.63, 3.8) is 0 Å². The second-order valence-corrected chi connectivity index (χ2v) is 7.19. The zero-order valence-corrected chi connectivity index (χ0v) is 15.5. The summed E-state index contributed by atoms with van der Waals surface area (Å²) >= 11 is 4.80. The molecule has 0 radical (unpaired) electrons. The van der Waals surface area contributed by atoms with E-state index < -0.39 is 0 Å². The summed E-state index contributed by atoms with van der Waals surface area (Å²) in [5, 5.41) is 0. The van der Waals surface area contributed by atoms with E-state index in [1.807, 2.05) is 10.8 Å². The van der Waals surface area contributed by atoms with E-state index >= 15 is 0 Å². The van der Waals surface area contributed by atoms with Gasteiger partial charge in [-0.25, -0.2) is 0 Å². The van der Waals surface area contributed by atoms with Crippen molar-refractivity contribution in [1.82, 2.24) is 0 Å². The Labute approximate surface area is 137 Å². The molecule has 4 heteroatoms. The molecule has 0 aliphatic rings. The first-order valence-corrected chi connectivity index (χ1v) is 9.57. The van der Waals surface area contributed by atoms with Gasteiger partial charge in [0.25, 0.3) is 0 Å². The van der Waals surface area contributed by atoms with Crippen molar-refractivity contribution in [2.45, 2.75) is 71.1 Å². The molecule has 92 valence electrons. The maximum absolute atomic E-state index is 4.80. The summed E-state index contributed by atoms with van der Waals surface area (Å²) in [5.74, 6) is 1.24. The number of hydrogen-bond acceptors (Lipinski definition) is 3. The quantitative estimate of drug-likeness (QED) is 0.235. The zero-order chi connectivity index (χ0) is 11.2. The number of rotatable bonds is 12. The molecule has 16 heavy (non-hydrogen) atoms. The van der Waals surface area contributed by atoms with Crippen LogP contribution < -0.4 is 29.6 Å². The van der Waals surface area contributed by atoms with Crippen molar-refractivity contribution in [1.29, 1.82) is 0 Å². The van der Waals surface area contributed by atoms with Crippen LogP contribution in [0.25, 0.3) is 0 Å². The van der Waals surface area contributed by atoms with E-state index in [1.165, 1.54) is 79.8 Å². The van der Waals surface area contributed by atoms with E-state index in [9.17, 15) is 0 Å². The molecule has 0 heterocycles. The largest absolute Gasteiger partial charge is 1.00 e. The Morgan fingerprint density at radius 2 is 1.19 bits per heavy atom. The minimum Gasteiger partial charge on any atom is -0.707 e. The van der Waals surface area contributed by atoms with E-state index in [0.717, 1.165) is 0 Å². The third-order valence-electron chi connectivity index (χ3n) is 2.63. The summed E-state index contributed by atoms with van der Waals surface area (Å²) in [6, 6.07) is 0. The first-order chi connectivity index (χ1) is 7.41. The summed E-state index contributed by atoms with van der Waals surface area (Å²) < 4.78 is 0. The van der Waals surface area contributed by atoms with Crippen molar-refractivity contribution in [3.05, 3.63) is 0 Å². The molecule has 0 aliphatic carbocycles. The molecule has 0 unspecified atom stereocenters. The van der Waals surface area contributed by atoms with E-state index in [2.05, 4.69) is 6.92 Å². The Morgan fingerprint density at radius 1 is 0.750 bits per heavy atom. The van der Waals surface area contributed by atoms with Crippen LogP contribution in [0.4, 0.5) is 0 Å². The van der Waals surface area contributed by atoms with Crippen LogP contribution in [0, 0.1) is 0 Å². The first kappa shape index (κ1) is 20.4. The van der Waals surface area contributed by atoms with Gasteiger partial charge >= 0.3 is 29.6 Å². The van der Waals surface area contributed by atoms with Crippen LogP contribution in [0.15, 0.2) is 0 Å². The minimum atomic E-state index is 0. The second-order valence-electron chi connectivity index (χ2n) is 4.07. The van der Waals surface area contributed by atoms with E-state index in [4.69, 9.17) is 11.7 Å². The van der Waals surface area contributed by atoms with Crippen molar-refractivity contribution in [3.8, 4) is 0 Å². The Morgan fingerprint density at radius 3 is 1.62 bits per heavy atom. The van der Waals surface area contributed by atoms with Crippen LogP contribution in [0.2, 0.25) is 0 Å². The van der Waals surface area contributed by atoms with E-state index in [0.29, 0.717) is 0 Å². The normalized spacial score (nSPS) is 10.1. The van der Waals surface area contributed by atoms with Crippen LogP contribution in [-0.4, -0.2) is 5.75 Å². The van der Waals surface area contributed by atoms with Gasteiger partial charge < -0.3 is 11.7 Å². The third kappa shape index (κ3) is 18.4. The summed E-state index contributed by atoms with van der Waals surface area (Å²) in [5.41, 5.74) is 0. The molecule has 0 nitrogen and oxygen atoms in total. The van der Waals surface area contributed by atoms with Crippen LogP contribution in [0.1, 0.15) is 71.1 Å². The summed E-state index contributed by atoms with van der Waals surface area (Å²) in [7, 11) is 3.30. The molecule has 0 atom stereocenters. The SMILES string of the molecule is CCCCCCCCCCCCSS[S-].[Na+]. The van der Waals surface area contributed by atoms with Crippen molar-refractivity contribution in [2.75, 3.05) is 5.75 Å². The monoisotopic (exact) mass is 288 g/mol. The van der Waals surface area contributed by atoms with Gasteiger partial charge in [-0.1, -0.05) is 64.7 Å². The maximum atomic E-state index is 4.80. The van der Waals surface area contributed by atoms with Crippen molar-refractivity contribution in [2.24, 2.45) is 0 Å². The average molecular weight is 289 g/mol. The molecule has 0 saturated heterocycles. The fourth-order valence-corrected chi connectivity index (χ4v) is 3.24. The standard InChI is InChI=1S/C12H26S3.Na/c1-2-3-4-5-6-7-8-9-10-11-12-14-15-13;/h13H,2-12H2,1H3;/q;+1/p-1. The molecule has 0 saturated carbocycles. The van der Waals surface area contributed by atoms with Crippen LogP contribution in [0.3, 0.4) is 0 Å². The molecular weight excluding hydrogens is 263 g/mol. The average Bonchev–Trinajstić information content (AvgIpc) is 2.26. The van der Waals surface area contributed by atoms with Gasteiger partial charge in [0.05, 0.1) is 0 Å². The van der Waals surface area contributed by atoms with Crippen molar-refractivity contribution < 1.29 is 29.6 Å². The van der Waals surface area contributed by atoms with Crippen LogP contribution in [-0.2, 0) is 11.7 Å². The van der Waals surface area contributed by atoms with Gasteiger partial charge in [0, 0.05) is 5.75 Å². The smallest absolute Gasteiger partial charge is 0.707 e. The van der Waals surface area contributed by atoms with Crippen LogP contribution in [0.5, 0.6) is 0 Å². The van der Waals surface area contributed by atoms with Gasteiger partial charge in [-0.2, -0.15) is 0 Å². The van der Waals surface area contributed by atoms with E-state index in [1.54, 1.807) is 0 Å². The molecule has 0 bridgehead atoms. The second kappa shape index (κ2) is 19.4. The molecule has 0 aliphatic heterocycles. The Balaban J connectivity index is 0. The topological polar surface area (TPSA) is 0 Å². The van der Waals surface area contributed by atoms with Gasteiger partial charge in [-0.3, -0.25) is 9.83 Å². The number of hydrogen-bond donors (Lipinski definition) is 0. The van der Waals surface area contributed by atoms with Gasteiger partial charge in [0.2, 0.25) is 0 Å². The minimum absolute atomic E-state index is 0. The predicted octanol–water partition coefficient (Wildman–Crippen LogP) is 2.75. The Kier molecular flexibility index (Phi) is 24.7. The molecule has 0 amide bonds. The molecule has 0 N–H and O–H groups in total. The Bertz CT molecular complexity index is 100. The zero-order valence-electron chi connectivity index (χ0n) is 11.0. The first-order valence-electron chi connectivity index (χ1n) is 6.33. The van der Waals surface area contributed by atoms with Gasteiger partial charge in [-0.05, 0) is 6.42 Å². The summed E-state index contributed by atoms with van der Waals surface area (Å²) in [6.45, 7) is 2.28. The molecule has 0 aromatic carbocycles. The fourth-order valence-electron chi connectivity index (χ4n) is 1.68. The molecule has 0 aromatic rings. The van der Waals surface area contributed by atoms with Crippen LogP contribution >= 0.6 is 20.6 Å². The van der Waals surface area contributed by atoms with E-state index in [-0.39, 0.29) is 29.6 Å². The molecule has 0 spiro atoms. The third-order valence-corrected chi connectivity index (χ3v) is 4.84. The maximum Gasteiger partial charge on any atom is 1.00 e. The van der Waals surface area contributed by atoms with Gasteiger partial charge in [-0.15, -0.1) is 10.8 Å².